The highest BCUT2D eigenvalue weighted by Gasteiger charge is 2.41. The number of sulfonamides is 1. The summed E-state index contributed by atoms with van der Waals surface area (Å²) in [6.07, 6.45) is 5.49. The molecule has 21 heavy (non-hydrogen) atoms. The summed E-state index contributed by atoms with van der Waals surface area (Å²) in [6, 6.07) is 3.80. The SMILES string of the molecule is Cc1cc(Br)c(S(=O)(=O)N2CCCC3CCCC32)cc1Br. The van der Waals surface area contributed by atoms with Crippen molar-refractivity contribution in [3.05, 3.63) is 26.6 Å². The molecule has 0 radical (unpaired) electrons. The van der Waals surface area contributed by atoms with Crippen molar-refractivity contribution in [1.29, 1.82) is 0 Å². The summed E-state index contributed by atoms with van der Waals surface area (Å²) in [5.41, 5.74) is 1.03. The predicted molar refractivity (Wildman–Crippen MR) is 90.8 cm³/mol. The molecule has 1 aromatic rings. The highest BCUT2D eigenvalue weighted by Crippen LogP contribution is 2.41. The Labute approximate surface area is 143 Å². The summed E-state index contributed by atoms with van der Waals surface area (Å²) >= 11 is 6.88. The van der Waals surface area contributed by atoms with E-state index in [1.807, 2.05) is 13.0 Å². The molecule has 3 nitrogen and oxygen atoms in total. The molecule has 116 valence electrons. The average Bonchev–Trinajstić information content (AvgIpc) is 2.90. The number of hydrogen-bond donors (Lipinski definition) is 0. The van der Waals surface area contributed by atoms with Gasteiger partial charge in [-0.15, -0.1) is 0 Å². The van der Waals surface area contributed by atoms with Gasteiger partial charge in [-0.05, 0) is 72.2 Å². The molecule has 0 amide bonds. The molecule has 1 saturated carbocycles. The van der Waals surface area contributed by atoms with Crippen LogP contribution in [0.4, 0.5) is 0 Å². The van der Waals surface area contributed by atoms with Gasteiger partial charge < -0.3 is 0 Å². The lowest BCUT2D eigenvalue weighted by Crippen LogP contribution is -2.46. The number of nitrogens with zero attached hydrogens (tertiary/aromatic N) is 1. The van der Waals surface area contributed by atoms with E-state index >= 15 is 0 Å². The molecule has 3 rings (SSSR count). The second-order valence-corrected chi connectivity index (χ2v) is 9.62. The molecule has 1 aliphatic heterocycles. The first-order valence-electron chi connectivity index (χ1n) is 7.39. The van der Waals surface area contributed by atoms with E-state index < -0.39 is 10.0 Å². The number of fused-ring (bicyclic) bond motifs is 1. The minimum Gasteiger partial charge on any atom is -0.207 e. The topological polar surface area (TPSA) is 37.4 Å². The Morgan fingerprint density at radius 1 is 1.10 bits per heavy atom. The molecule has 1 saturated heterocycles. The number of aryl methyl sites for hydroxylation is 1. The van der Waals surface area contributed by atoms with E-state index in [0.717, 1.165) is 29.3 Å². The van der Waals surface area contributed by atoms with Gasteiger partial charge in [-0.3, -0.25) is 0 Å². The minimum atomic E-state index is -3.43. The molecule has 0 N–H and O–H groups in total. The van der Waals surface area contributed by atoms with E-state index in [4.69, 9.17) is 0 Å². The number of rotatable bonds is 2. The molecule has 2 aliphatic rings. The molecule has 2 atom stereocenters. The fourth-order valence-corrected chi connectivity index (χ4v) is 7.05. The second kappa shape index (κ2) is 5.95. The zero-order valence-electron chi connectivity index (χ0n) is 12.0. The second-order valence-electron chi connectivity index (χ2n) is 6.05. The Hall–Kier alpha value is 0.0900. The number of benzene rings is 1. The molecule has 1 aliphatic carbocycles. The third-order valence-corrected chi connectivity index (χ3v) is 8.48. The molecule has 0 aromatic heterocycles. The van der Waals surface area contributed by atoms with Crippen LogP contribution in [0, 0.1) is 12.8 Å². The molecule has 1 aromatic carbocycles. The first kappa shape index (κ1) is 16.0. The standard InChI is InChI=1S/C15H19Br2NO2S/c1-10-8-13(17)15(9-12(10)16)21(19,20)18-7-3-5-11-4-2-6-14(11)18/h8-9,11,14H,2-7H2,1H3. The lowest BCUT2D eigenvalue weighted by atomic mass is 9.94. The maximum Gasteiger partial charge on any atom is 0.244 e. The van der Waals surface area contributed by atoms with Crippen LogP contribution >= 0.6 is 31.9 Å². The van der Waals surface area contributed by atoms with E-state index in [0.29, 0.717) is 21.8 Å². The van der Waals surface area contributed by atoms with Crippen molar-refractivity contribution in [3.8, 4) is 0 Å². The quantitative estimate of drug-likeness (QED) is 0.685. The lowest BCUT2D eigenvalue weighted by molar-refractivity contribution is 0.202. The third kappa shape index (κ3) is 2.84. The van der Waals surface area contributed by atoms with Gasteiger partial charge in [-0.25, -0.2) is 8.42 Å². The average molecular weight is 437 g/mol. The van der Waals surface area contributed by atoms with E-state index in [1.165, 1.54) is 12.8 Å². The van der Waals surface area contributed by atoms with Gasteiger partial charge in [-0.2, -0.15) is 4.31 Å². The van der Waals surface area contributed by atoms with E-state index in [9.17, 15) is 8.42 Å². The van der Waals surface area contributed by atoms with Crippen molar-refractivity contribution in [1.82, 2.24) is 4.31 Å². The maximum atomic E-state index is 13.1. The fourth-order valence-electron chi connectivity index (χ4n) is 3.66. The van der Waals surface area contributed by atoms with Gasteiger partial charge in [0.15, 0.2) is 0 Å². The summed E-state index contributed by atoms with van der Waals surface area (Å²) < 4.78 is 29.4. The molecule has 6 heteroatoms. The molecule has 2 unspecified atom stereocenters. The van der Waals surface area contributed by atoms with Crippen molar-refractivity contribution in [2.75, 3.05) is 6.54 Å². The van der Waals surface area contributed by atoms with Gasteiger partial charge in [0.2, 0.25) is 10.0 Å². The van der Waals surface area contributed by atoms with Crippen LogP contribution in [0.15, 0.2) is 26.0 Å². The van der Waals surface area contributed by atoms with Gasteiger partial charge in [-0.1, -0.05) is 22.4 Å². The summed E-state index contributed by atoms with van der Waals surface area (Å²) in [6.45, 7) is 2.61. The Morgan fingerprint density at radius 2 is 1.81 bits per heavy atom. The summed E-state index contributed by atoms with van der Waals surface area (Å²) in [4.78, 5) is 0.382. The highest BCUT2D eigenvalue weighted by molar-refractivity contribution is 9.11. The molecule has 0 bridgehead atoms. The van der Waals surface area contributed by atoms with Crippen molar-refractivity contribution in [3.63, 3.8) is 0 Å². The normalized spacial score (nSPS) is 26.8. The Kier molecular flexibility index (Phi) is 4.52. The van der Waals surface area contributed by atoms with Crippen LogP contribution in [-0.4, -0.2) is 25.3 Å². The number of halogens is 2. The molecule has 0 spiro atoms. The fraction of sp³-hybridized carbons (Fsp3) is 0.600. The molecule has 1 heterocycles. The zero-order chi connectivity index (χ0) is 15.2. The van der Waals surface area contributed by atoms with Gasteiger partial charge in [0.05, 0.1) is 4.90 Å². The zero-order valence-corrected chi connectivity index (χ0v) is 16.0. The van der Waals surface area contributed by atoms with Gasteiger partial charge in [0.25, 0.3) is 0 Å². The Morgan fingerprint density at radius 3 is 2.57 bits per heavy atom. The first-order chi connectivity index (χ1) is 9.91. The van der Waals surface area contributed by atoms with Crippen LogP contribution in [0.2, 0.25) is 0 Å². The first-order valence-corrected chi connectivity index (χ1v) is 10.4. The largest absolute Gasteiger partial charge is 0.244 e. The van der Waals surface area contributed by atoms with Crippen molar-refractivity contribution < 1.29 is 8.42 Å². The smallest absolute Gasteiger partial charge is 0.207 e. The van der Waals surface area contributed by atoms with Gasteiger partial charge >= 0.3 is 0 Å². The Balaban J connectivity index is 2.02. The highest BCUT2D eigenvalue weighted by atomic mass is 79.9. The summed E-state index contributed by atoms with van der Waals surface area (Å²) in [5.74, 6) is 0.557. The molecular formula is C15H19Br2NO2S. The monoisotopic (exact) mass is 435 g/mol. The van der Waals surface area contributed by atoms with E-state index in [2.05, 4.69) is 31.9 Å². The predicted octanol–water partition coefficient (Wildman–Crippen LogP) is 4.47. The number of piperidine rings is 1. The van der Waals surface area contributed by atoms with Crippen molar-refractivity contribution in [2.45, 2.75) is 50.0 Å². The molecular weight excluding hydrogens is 418 g/mol. The van der Waals surface area contributed by atoms with E-state index in [-0.39, 0.29) is 6.04 Å². The van der Waals surface area contributed by atoms with Crippen LogP contribution < -0.4 is 0 Å². The Bertz CT molecular complexity index is 660. The van der Waals surface area contributed by atoms with Crippen LogP contribution in [0.5, 0.6) is 0 Å². The van der Waals surface area contributed by atoms with Crippen molar-refractivity contribution in [2.24, 2.45) is 5.92 Å². The lowest BCUT2D eigenvalue weighted by Gasteiger charge is -2.36. The number of hydrogen-bond acceptors (Lipinski definition) is 2. The van der Waals surface area contributed by atoms with Gasteiger partial charge in [0, 0.05) is 21.5 Å². The van der Waals surface area contributed by atoms with Crippen LogP contribution in [0.3, 0.4) is 0 Å². The third-order valence-electron chi connectivity index (χ3n) is 4.74. The van der Waals surface area contributed by atoms with Gasteiger partial charge in [0.1, 0.15) is 0 Å². The van der Waals surface area contributed by atoms with Crippen LogP contribution in [-0.2, 0) is 10.0 Å². The van der Waals surface area contributed by atoms with Crippen LogP contribution in [0.1, 0.15) is 37.7 Å². The van der Waals surface area contributed by atoms with E-state index in [1.54, 1.807) is 10.4 Å². The summed E-state index contributed by atoms with van der Waals surface area (Å²) in [5, 5.41) is 0. The minimum absolute atomic E-state index is 0.204. The summed E-state index contributed by atoms with van der Waals surface area (Å²) in [7, 11) is -3.43. The van der Waals surface area contributed by atoms with Crippen LogP contribution in [0.25, 0.3) is 0 Å². The molecule has 2 fully saturated rings. The maximum absolute atomic E-state index is 13.1. The van der Waals surface area contributed by atoms with Crippen molar-refractivity contribution >= 4 is 41.9 Å².